The van der Waals surface area contributed by atoms with Crippen molar-refractivity contribution in [2.24, 2.45) is 5.92 Å². The number of nitrogens with one attached hydrogen (secondary N) is 1. The van der Waals surface area contributed by atoms with Crippen molar-refractivity contribution >= 4 is 0 Å². The number of halogens is 1. The Morgan fingerprint density at radius 3 is 2.75 bits per heavy atom. The van der Waals surface area contributed by atoms with Gasteiger partial charge in [0.1, 0.15) is 0 Å². The average Bonchev–Trinajstić information content (AvgIpc) is 2.56. The summed E-state index contributed by atoms with van der Waals surface area (Å²) in [5.41, 5.74) is 1.24. The molecule has 0 saturated carbocycles. The highest BCUT2D eigenvalue weighted by molar-refractivity contribution is 4.93. The molecule has 0 aliphatic carbocycles. The quantitative estimate of drug-likeness (QED) is 0.753. The molecule has 0 bridgehead atoms. The Bertz CT molecular complexity index is 176. The van der Waals surface area contributed by atoms with E-state index in [1.807, 2.05) is 6.20 Å². The SMILES string of the molecule is C.CC(C)CCc1cnc[nH]1.[3H]F. The normalized spacial score (nSPS) is 9.50. The molecule has 0 aliphatic rings. The molecule has 3 heteroatoms. The Labute approximate surface area is 75.3 Å². The maximum atomic E-state index is 8.75. The summed E-state index contributed by atoms with van der Waals surface area (Å²) >= 11 is 0. The molecule has 12 heavy (non-hydrogen) atoms. The number of H-pyrrole nitrogens is 1. The minimum atomic E-state index is 0. The molecular formula is C9H19FN2. The van der Waals surface area contributed by atoms with Gasteiger partial charge in [-0.05, 0) is 18.8 Å². The molecular weight excluding hydrogens is 155 g/mol. The number of rotatable bonds is 3. The van der Waals surface area contributed by atoms with Gasteiger partial charge in [-0.1, -0.05) is 21.3 Å². The lowest BCUT2D eigenvalue weighted by molar-refractivity contribution is 0.582. The molecule has 1 heterocycles. The van der Waals surface area contributed by atoms with Gasteiger partial charge in [-0.15, -0.1) is 0 Å². The van der Waals surface area contributed by atoms with Crippen molar-refractivity contribution < 1.29 is 4.72 Å². The second-order valence-electron chi connectivity index (χ2n) is 3.01. The summed E-state index contributed by atoms with van der Waals surface area (Å²) in [5.74, 6) is 0.781. The Kier molecular flexibility index (Phi) is 6.34. The van der Waals surface area contributed by atoms with E-state index in [2.05, 4.69) is 25.3 Å². The Morgan fingerprint density at radius 2 is 2.33 bits per heavy atom. The summed E-state index contributed by atoms with van der Waals surface area (Å²) in [7, 11) is 0. The number of aromatic amines is 1. The fraction of sp³-hybridized carbons (Fsp3) is 0.667. The van der Waals surface area contributed by atoms with Crippen molar-refractivity contribution in [1.29, 1.82) is 1.45 Å². The van der Waals surface area contributed by atoms with Crippen molar-refractivity contribution in [2.75, 3.05) is 0 Å². The van der Waals surface area contributed by atoms with E-state index in [1.54, 1.807) is 6.33 Å². The highest BCUT2D eigenvalue weighted by Gasteiger charge is 1.96. The van der Waals surface area contributed by atoms with E-state index >= 15 is 0 Å². The summed E-state index contributed by atoms with van der Waals surface area (Å²) in [6.45, 7) is 4.47. The second kappa shape index (κ2) is 6.83. The molecule has 0 atom stereocenters. The summed E-state index contributed by atoms with van der Waals surface area (Å²) in [4.78, 5) is 7.03. The van der Waals surface area contributed by atoms with Crippen LogP contribution >= 0.6 is 0 Å². The van der Waals surface area contributed by atoms with Gasteiger partial charge in [0, 0.05) is 11.9 Å². The molecule has 0 fully saturated rings. The van der Waals surface area contributed by atoms with E-state index in [4.69, 9.17) is 4.72 Å². The van der Waals surface area contributed by atoms with Crippen LogP contribution in [0.5, 0.6) is 0 Å². The fourth-order valence-corrected chi connectivity index (χ4v) is 0.866. The monoisotopic (exact) mass is 176 g/mol. The van der Waals surface area contributed by atoms with Crippen LogP contribution in [-0.4, -0.2) is 11.4 Å². The van der Waals surface area contributed by atoms with Crippen LogP contribution in [0.25, 0.3) is 0 Å². The third-order valence-corrected chi connectivity index (χ3v) is 1.55. The Balaban J connectivity index is 0. The first-order chi connectivity index (χ1) is 5.79. The third-order valence-electron chi connectivity index (χ3n) is 1.55. The van der Waals surface area contributed by atoms with Gasteiger partial charge in [0.25, 0.3) is 1.45 Å². The smallest absolute Gasteiger partial charge is 0.269 e. The molecule has 1 N–H and O–H groups in total. The Hall–Kier alpha value is -0.860. The van der Waals surface area contributed by atoms with Gasteiger partial charge in [-0.3, -0.25) is 4.72 Å². The average molecular weight is 176 g/mol. The van der Waals surface area contributed by atoms with Gasteiger partial charge in [0.05, 0.1) is 6.33 Å². The fourth-order valence-electron chi connectivity index (χ4n) is 0.866. The highest BCUT2D eigenvalue weighted by Crippen LogP contribution is 2.04. The molecule has 1 rings (SSSR count). The van der Waals surface area contributed by atoms with Crippen LogP contribution in [0.15, 0.2) is 12.5 Å². The van der Waals surface area contributed by atoms with E-state index in [9.17, 15) is 0 Å². The molecule has 2 nitrogen and oxygen atoms in total. The summed E-state index contributed by atoms with van der Waals surface area (Å²) in [5, 5.41) is 0. The topological polar surface area (TPSA) is 28.7 Å². The van der Waals surface area contributed by atoms with Crippen LogP contribution in [0, 0.1) is 5.92 Å². The van der Waals surface area contributed by atoms with E-state index in [-0.39, 0.29) is 7.43 Å². The molecule has 0 radical (unpaired) electrons. The van der Waals surface area contributed by atoms with Crippen molar-refractivity contribution in [3.8, 4) is 0 Å². The molecule has 0 spiro atoms. The molecule has 0 amide bonds. The maximum Gasteiger partial charge on any atom is 0.269 e. The maximum absolute atomic E-state index is 8.75. The standard InChI is InChI=1S/C8H14N2.CH4.FH/c1-7(2)3-4-8-5-9-6-10-8;;/h5-7H,3-4H2,1-2H3,(H,9,10);1H4;1H/i/hT. The number of aromatic nitrogens is 2. The number of hydrogen-bond acceptors (Lipinski definition) is 1. The predicted molar refractivity (Wildman–Crippen MR) is 51.0 cm³/mol. The van der Waals surface area contributed by atoms with Crippen LogP contribution in [-0.2, 0) is 6.42 Å². The van der Waals surface area contributed by atoms with Gasteiger partial charge in [0.15, 0.2) is 0 Å². The molecule has 0 aromatic carbocycles. The number of hydrogen-bond donors (Lipinski definition) is 1. The van der Waals surface area contributed by atoms with E-state index in [0.29, 0.717) is 0 Å². The molecule has 0 unspecified atom stereocenters. The number of nitrogens with zero attached hydrogens (tertiary/aromatic N) is 1. The summed E-state index contributed by atoms with van der Waals surface area (Å²) in [6.07, 6.45) is 5.98. The van der Waals surface area contributed by atoms with Crippen LogP contribution in [0.3, 0.4) is 0 Å². The molecule has 0 aliphatic heterocycles. The van der Waals surface area contributed by atoms with Gasteiger partial charge < -0.3 is 4.98 Å². The lowest BCUT2D eigenvalue weighted by atomic mass is 10.1. The van der Waals surface area contributed by atoms with Crippen molar-refractivity contribution in [3.63, 3.8) is 0 Å². The first-order valence-corrected chi connectivity index (χ1v) is 3.76. The van der Waals surface area contributed by atoms with Crippen molar-refractivity contribution in [1.82, 2.24) is 9.97 Å². The lowest BCUT2D eigenvalue weighted by Crippen LogP contribution is -1.91. The Morgan fingerprint density at radius 1 is 1.67 bits per heavy atom. The van der Waals surface area contributed by atoms with E-state index < -0.39 is 0 Å². The molecule has 1 aromatic rings. The minimum absolute atomic E-state index is 0. The van der Waals surface area contributed by atoms with Gasteiger partial charge >= 0.3 is 0 Å². The first kappa shape index (κ1) is 11.1. The van der Waals surface area contributed by atoms with Crippen molar-refractivity contribution in [3.05, 3.63) is 18.2 Å². The summed E-state index contributed by atoms with van der Waals surface area (Å²) in [6, 6.07) is 0. The zero-order valence-corrected chi connectivity index (χ0v) is 6.97. The lowest BCUT2D eigenvalue weighted by Gasteiger charge is -2.00. The van der Waals surface area contributed by atoms with E-state index in [0.717, 1.165) is 12.3 Å². The van der Waals surface area contributed by atoms with Crippen LogP contribution in [0.1, 0.15) is 33.4 Å². The van der Waals surface area contributed by atoms with Crippen molar-refractivity contribution in [2.45, 2.75) is 34.1 Å². The van der Waals surface area contributed by atoms with Crippen LogP contribution < -0.4 is 0 Å². The second-order valence-corrected chi connectivity index (χ2v) is 3.01. The van der Waals surface area contributed by atoms with E-state index in [1.165, 1.54) is 12.1 Å². The van der Waals surface area contributed by atoms with Gasteiger partial charge in [0.2, 0.25) is 0 Å². The largest absolute Gasteiger partial charge is 0.348 e. The summed E-state index contributed by atoms with van der Waals surface area (Å²) < 4.78 is 13.0. The van der Waals surface area contributed by atoms with Crippen LogP contribution in [0.4, 0.5) is 4.72 Å². The minimum Gasteiger partial charge on any atom is -0.348 e. The molecule has 1 aromatic heterocycles. The third kappa shape index (κ3) is 4.88. The van der Waals surface area contributed by atoms with Gasteiger partial charge in [-0.25, -0.2) is 4.98 Å². The van der Waals surface area contributed by atoms with Gasteiger partial charge in [-0.2, -0.15) is 0 Å². The predicted octanol–water partition coefficient (Wildman–Crippen LogP) is 2.79. The molecule has 72 valence electrons. The number of aryl methyl sites for hydroxylation is 1. The zero-order valence-electron chi connectivity index (χ0n) is 7.97. The molecule has 0 saturated heterocycles. The zero-order chi connectivity index (χ0) is 9.40. The highest BCUT2D eigenvalue weighted by atomic mass is 19.0. The number of imidazole rings is 1. The van der Waals surface area contributed by atoms with Crippen LogP contribution in [0.2, 0.25) is 0 Å². The first-order valence-electron chi connectivity index (χ1n) is 4.14.